The van der Waals surface area contributed by atoms with Gasteiger partial charge < -0.3 is 4.90 Å². The third-order valence-electron chi connectivity index (χ3n) is 3.84. The van der Waals surface area contributed by atoms with Crippen molar-refractivity contribution in [1.29, 1.82) is 0 Å². The summed E-state index contributed by atoms with van der Waals surface area (Å²) in [5.74, 6) is -0.530. The quantitative estimate of drug-likeness (QED) is 0.457. The van der Waals surface area contributed by atoms with E-state index in [1.54, 1.807) is 29.4 Å². The van der Waals surface area contributed by atoms with Gasteiger partial charge >= 0.3 is 0 Å². The van der Waals surface area contributed by atoms with E-state index in [1.807, 2.05) is 24.3 Å². The Hall–Kier alpha value is -2.02. The summed E-state index contributed by atoms with van der Waals surface area (Å²) < 4.78 is 15.1. The summed E-state index contributed by atoms with van der Waals surface area (Å²) in [4.78, 5) is 19.3. The van der Waals surface area contributed by atoms with E-state index in [1.165, 1.54) is 23.5 Å². The Morgan fingerprint density at radius 2 is 2.00 bits per heavy atom. The van der Waals surface area contributed by atoms with Crippen LogP contribution in [0, 0.1) is 5.82 Å². The molecule has 2 aromatic heterocycles. The third kappa shape index (κ3) is 3.01. The lowest BCUT2D eigenvalue weighted by molar-refractivity contribution is 0.0790. The number of hydrogen-bond acceptors (Lipinski definition) is 4. The monoisotopic (exact) mass is 390 g/mol. The fourth-order valence-electron chi connectivity index (χ4n) is 2.61. The molecule has 0 fully saturated rings. The highest BCUT2D eigenvalue weighted by molar-refractivity contribution is 7.21. The molecular weight excluding hydrogens is 379 g/mol. The molecule has 0 radical (unpaired) electrons. The predicted octanol–water partition coefficient (Wildman–Crippen LogP) is 5.58. The number of fused-ring (bicyclic) bond motifs is 2. The van der Waals surface area contributed by atoms with Crippen LogP contribution in [0.25, 0.3) is 20.3 Å². The summed E-state index contributed by atoms with van der Waals surface area (Å²) in [6.07, 6.45) is 0. The van der Waals surface area contributed by atoms with Crippen molar-refractivity contribution in [1.82, 2.24) is 9.88 Å². The smallest absolute Gasteiger partial charge is 0.265 e. The highest BCUT2D eigenvalue weighted by Gasteiger charge is 2.21. The number of para-hydroxylation sites is 1. The Labute approximate surface area is 156 Å². The van der Waals surface area contributed by atoms with Crippen LogP contribution in [0.5, 0.6) is 0 Å². The summed E-state index contributed by atoms with van der Waals surface area (Å²) in [5.41, 5.74) is 0.929. The lowest BCUT2D eigenvalue weighted by Crippen LogP contribution is -2.25. The zero-order valence-electron chi connectivity index (χ0n) is 13.1. The first-order valence-electron chi connectivity index (χ1n) is 7.50. The Morgan fingerprint density at radius 1 is 1.20 bits per heavy atom. The zero-order valence-corrected chi connectivity index (χ0v) is 15.5. The molecule has 3 nitrogen and oxygen atoms in total. The normalized spacial score (nSPS) is 11.3. The summed E-state index contributed by atoms with van der Waals surface area (Å²) in [5, 5.41) is 1.94. The lowest BCUT2D eigenvalue weighted by atomic mass is 10.2. The Bertz CT molecular complexity index is 1070. The van der Waals surface area contributed by atoms with Crippen LogP contribution in [0.1, 0.15) is 14.7 Å². The second-order valence-corrected chi connectivity index (χ2v) is 8.17. The molecule has 4 aromatic rings. The van der Waals surface area contributed by atoms with Crippen LogP contribution in [-0.2, 0) is 6.54 Å². The van der Waals surface area contributed by atoms with Gasteiger partial charge in [-0.3, -0.25) is 4.79 Å². The molecule has 7 heteroatoms. The number of halogens is 2. The number of rotatable bonds is 3. The van der Waals surface area contributed by atoms with E-state index >= 15 is 0 Å². The number of thiophene rings is 1. The predicted molar refractivity (Wildman–Crippen MR) is 102 cm³/mol. The third-order valence-corrected chi connectivity index (χ3v) is 6.51. The second kappa shape index (κ2) is 6.37. The van der Waals surface area contributed by atoms with Gasteiger partial charge in [0.2, 0.25) is 0 Å². The van der Waals surface area contributed by atoms with Crippen LogP contribution < -0.4 is 0 Å². The van der Waals surface area contributed by atoms with Gasteiger partial charge in [-0.15, -0.1) is 22.7 Å². The van der Waals surface area contributed by atoms with Crippen LogP contribution in [0.4, 0.5) is 4.39 Å². The minimum atomic E-state index is -0.341. The topological polar surface area (TPSA) is 33.2 Å². The van der Waals surface area contributed by atoms with Crippen LogP contribution in [-0.4, -0.2) is 22.8 Å². The van der Waals surface area contributed by atoms with Crippen molar-refractivity contribution in [2.75, 3.05) is 7.05 Å². The van der Waals surface area contributed by atoms with Crippen molar-refractivity contribution >= 4 is 60.5 Å². The molecule has 4 rings (SSSR count). The molecule has 2 aromatic carbocycles. The van der Waals surface area contributed by atoms with Crippen LogP contribution in [0.3, 0.4) is 0 Å². The van der Waals surface area contributed by atoms with Gasteiger partial charge in [0.1, 0.15) is 15.7 Å². The largest absolute Gasteiger partial charge is 0.334 e. The van der Waals surface area contributed by atoms with Gasteiger partial charge in [0, 0.05) is 17.1 Å². The average Bonchev–Trinajstić information content (AvgIpc) is 3.14. The fourth-order valence-corrected chi connectivity index (χ4v) is 5.16. The van der Waals surface area contributed by atoms with Gasteiger partial charge in [0.05, 0.1) is 21.8 Å². The van der Waals surface area contributed by atoms with Crippen molar-refractivity contribution < 1.29 is 9.18 Å². The highest BCUT2D eigenvalue weighted by atomic mass is 35.5. The van der Waals surface area contributed by atoms with Gasteiger partial charge in [-0.25, -0.2) is 9.37 Å². The molecule has 1 amide bonds. The molecule has 0 N–H and O–H groups in total. The first-order valence-corrected chi connectivity index (χ1v) is 9.51. The first-order chi connectivity index (χ1) is 12.0. The lowest BCUT2D eigenvalue weighted by Gasteiger charge is -2.14. The standard InChI is InChI=1S/C18H12ClFN2OS2/c1-22(9-15-21-12-4-2-3-5-13(12)24-15)18(23)17-16(19)11-7-6-10(20)8-14(11)25-17/h2-8H,9H2,1H3. The Morgan fingerprint density at radius 3 is 2.80 bits per heavy atom. The van der Waals surface area contributed by atoms with Gasteiger partial charge in [-0.05, 0) is 30.3 Å². The van der Waals surface area contributed by atoms with E-state index in [-0.39, 0.29) is 11.7 Å². The number of nitrogens with zero attached hydrogens (tertiary/aromatic N) is 2. The number of carbonyl (C=O) groups excluding carboxylic acids is 1. The number of amides is 1. The van der Waals surface area contributed by atoms with Gasteiger partial charge in [-0.2, -0.15) is 0 Å². The van der Waals surface area contributed by atoms with Crippen molar-refractivity contribution in [2.24, 2.45) is 0 Å². The zero-order chi connectivity index (χ0) is 17.6. The van der Waals surface area contributed by atoms with Crippen LogP contribution in [0.15, 0.2) is 42.5 Å². The molecule has 0 atom stereocenters. The molecule has 126 valence electrons. The summed E-state index contributed by atoms with van der Waals surface area (Å²) in [6, 6.07) is 12.2. The minimum absolute atomic E-state index is 0.189. The van der Waals surface area contributed by atoms with E-state index in [0.717, 1.165) is 15.2 Å². The molecule has 25 heavy (non-hydrogen) atoms. The van der Waals surface area contributed by atoms with E-state index in [4.69, 9.17) is 11.6 Å². The van der Waals surface area contributed by atoms with Crippen molar-refractivity contribution in [3.05, 3.63) is 63.2 Å². The molecule has 0 saturated carbocycles. The molecule has 0 bridgehead atoms. The van der Waals surface area contributed by atoms with Gasteiger partial charge in [0.15, 0.2) is 0 Å². The highest BCUT2D eigenvalue weighted by Crippen LogP contribution is 2.36. The second-order valence-electron chi connectivity index (χ2n) is 5.62. The number of hydrogen-bond donors (Lipinski definition) is 0. The molecule has 0 unspecified atom stereocenters. The van der Waals surface area contributed by atoms with E-state index in [0.29, 0.717) is 26.5 Å². The first kappa shape index (κ1) is 16.4. The van der Waals surface area contributed by atoms with E-state index in [2.05, 4.69) is 4.98 Å². The van der Waals surface area contributed by atoms with Gasteiger partial charge in [-0.1, -0.05) is 23.7 Å². The molecule has 2 heterocycles. The molecule has 0 spiro atoms. The number of aromatic nitrogens is 1. The molecule has 0 aliphatic rings. The van der Waals surface area contributed by atoms with E-state index < -0.39 is 0 Å². The molecule has 0 aliphatic heterocycles. The van der Waals surface area contributed by atoms with Crippen molar-refractivity contribution in [3.63, 3.8) is 0 Å². The number of thiazole rings is 1. The minimum Gasteiger partial charge on any atom is -0.334 e. The maximum atomic E-state index is 13.4. The molecule has 0 aliphatic carbocycles. The summed E-state index contributed by atoms with van der Waals surface area (Å²) in [6.45, 7) is 0.400. The maximum Gasteiger partial charge on any atom is 0.265 e. The molecular formula is C18H12ClFN2OS2. The Balaban J connectivity index is 1.62. The number of carbonyl (C=O) groups is 1. The SMILES string of the molecule is CN(Cc1nc2ccccc2s1)C(=O)c1sc2cc(F)ccc2c1Cl. The van der Waals surface area contributed by atoms with Crippen LogP contribution >= 0.6 is 34.3 Å². The van der Waals surface area contributed by atoms with E-state index in [9.17, 15) is 9.18 Å². The Kier molecular flexibility index (Phi) is 4.19. The summed E-state index contributed by atoms with van der Waals surface area (Å²) in [7, 11) is 1.72. The fraction of sp³-hybridized carbons (Fsp3) is 0.111. The maximum absolute atomic E-state index is 13.4. The van der Waals surface area contributed by atoms with Crippen molar-refractivity contribution in [3.8, 4) is 0 Å². The van der Waals surface area contributed by atoms with Crippen LogP contribution in [0.2, 0.25) is 5.02 Å². The summed E-state index contributed by atoms with van der Waals surface area (Å²) >= 11 is 9.12. The average molecular weight is 391 g/mol. The number of benzene rings is 2. The van der Waals surface area contributed by atoms with Gasteiger partial charge in [0.25, 0.3) is 5.91 Å². The molecule has 0 saturated heterocycles. The van der Waals surface area contributed by atoms with Crippen molar-refractivity contribution in [2.45, 2.75) is 6.54 Å².